The van der Waals surface area contributed by atoms with Gasteiger partial charge < -0.3 is 24.2 Å². The second-order valence-electron chi connectivity index (χ2n) is 12.4. The number of likely N-dealkylation sites (tertiary alicyclic amines) is 1. The summed E-state index contributed by atoms with van der Waals surface area (Å²) in [6.07, 6.45) is 7.18. The Labute approximate surface area is 272 Å². The van der Waals surface area contributed by atoms with Gasteiger partial charge in [-0.2, -0.15) is 20.3 Å². The van der Waals surface area contributed by atoms with E-state index < -0.39 is 0 Å². The fourth-order valence-corrected chi connectivity index (χ4v) is 7.43. The summed E-state index contributed by atoms with van der Waals surface area (Å²) < 4.78 is 12.8. The lowest BCUT2D eigenvalue weighted by molar-refractivity contribution is -0.128. The summed E-state index contributed by atoms with van der Waals surface area (Å²) >= 11 is 7.06. The Morgan fingerprint density at radius 1 is 1.26 bits per heavy atom. The predicted octanol–water partition coefficient (Wildman–Crippen LogP) is 5.05. The average Bonchev–Trinajstić information content (AvgIpc) is 3.71. The van der Waals surface area contributed by atoms with E-state index in [4.69, 9.17) is 31.0 Å². The van der Waals surface area contributed by atoms with Crippen LogP contribution in [-0.2, 0) is 11.2 Å². The number of amides is 1. The number of halogens is 1. The molecule has 0 spiro atoms. The number of anilines is 1. The number of nitrogens with zero attached hydrogens (tertiary/aromatic N) is 7. The molecule has 2 aromatic heterocycles. The van der Waals surface area contributed by atoms with E-state index in [0.717, 1.165) is 76.5 Å². The minimum atomic E-state index is -0.317. The number of hydrogen-bond acceptors (Lipinski definition) is 9. The second-order valence-corrected chi connectivity index (χ2v) is 12.8. The van der Waals surface area contributed by atoms with Crippen molar-refractivity contribution >= 4 is 45.1 Å². The molecule has 1 N–H and O–H groups in total. The first kappa shape index (κ1) is 30.3. The molecule has 11 nitrogen and oxygen atoms in total. The topological polar surface area (TPSA) is 124 Å². The number of fused-ring (bicyclic) bond motifs is 4. The van der Waals surface area contributed by atoms with Gasteiger partial charge >= 0.3 is 6.01 Å². The molecule has 5 heterocycles. The maximum atomic E-state index is 12.7. The van der Waals surface area contributed by atoms with E-state index in [9.17, 15) is 10.1 Å². The predicted molar refractivity (Wildman–Crippen MR) is 177 cm³/mol. The van der Waals surface area contributed by atoms with E-state index in [1.165, 1.54) is 6.08 Å². The van der Waals surface area contributed by atoms with Crippen molar-refractivity contribution in [1.29, 1.82) is 5.26 Å². The third kappa shape index (κ3) is 5.29. The van der Waals surface area contributed by atoms with E-state index in [0.29, 0.717) is 55.2 Å². The summed E-state index contributed by atoms with van der Waals surface area (Å²) in [5.41, 5.74) is 5.45. The van der Waals surface area contributed by atoms with Crippen LogP contribution in [-0.4, -0.2) is 94.4 Å². The molecule has 0 radical (unpaired) electrons. The van der Waals surface area contributed by atoms with Gasteiger partial charge in [0, 0.05) is 42.2 Å². The van der Waals surface area contributed by atoms with Crippen molar-refractivity contribution in [1.82, 2.24) is 30.0 Å². The number of aromatic amines is 1. The van der Waals surface area contributed by atoms with Crippen molar-refractivity contribution in [3.63, 3.8) is 0 Å². The lowest BCUT2D eigenvalue weighted by atomic mass is 9.90. The highest BCUT2D eigenvalue weighted by Crippen LogP contribution is 2.47. The van der Waals surface area contributed by atoms with Gasteiger partial charge in [-0.3, -0.25) is 9.89 Å². The normalized spacial score (nSPS) is 20.0. The molecule has 2 atom stereocenters. The summed E-state index contributed by atoms with van der Waals surface area (Å²) in [5, 5.41) is 19.5. The number of aryl methyl sites for hydroxylation is 1. The third-order valence-corrected chi connectivity index (χ3v) is 10.1. The van der Waals surface area contributed by atoms with Crippen molar-refractivity contribution in [2.24, 2.45) is 0 Å². The average molecular weight is 641 g/mol. The van der Waals surface area contributed by atoms with Gasteiger partial charge in [0.2, 0.25) is 5.91 Å². The first-order chi connectivity index (χ1) is 22.4. The maximum Gasteiger partial charge on any atom is 0.319 e. The number of piperazine rings is 1. The van der Waals surface area contributed by atoms with Gasteiger partial charge in [-0.25, -0.2) is 0 Å². The monoisotopic (exact) mass is 640 g/mol. The zero-order valence-corrected chi connectivity index (χ0v) is 26.9. The quantitative estimate of drug-likeness (QED) is 0.276. The van der Waals surface area contributed by atoms with Crippen LogP contribution in [0, 0.1) is 18.3 Å². The lowest BCUT2D eigenvalue weighted by Crippen LogP contribution is -2.55. The number of carbonyl (C=O) groups is 1. The highest BCUT2D eigenvalue weighted by molar-refractivity contribution is 6.36. The van der Waals surface area contributed by atoms with Crippen LogP contribution in [0.15, 0.2) is 31.0 Å². The van der Waals surface area contributed by atoms with Crippen molar-refractivity contribution in [2.45, 2.75) is 51.1 Å². The van der Waals surface area contributed by atoms with E-state index >= 15 is 0 Å². The number of carbonyl (C=O) groups excluding carboxylic acids is 1. The van der Waals surface area contributed by atoms with E-state index in [1.54, 1.807) is 4.90 Å². The van der Waals surface area contributed by atoms with Gasteiger partial charge in [-0.15, -0.1) is 0 Å². The van der Waals surface area contributed by atoms with Crippen LogP contribution < -0.4 is 14.4 Å². The number of nitrogens with one attached hydrogen (secondary N) is 1. The highest BCUT2D eigenvalue weighted by atomic mass is 35.5. The fourth-order valence-electron chi connectivity index (χ4n) is 7.17. The molecule has 0 unspecified atom stereocenters. The van der Waals surface area contributed by atoms with Gasteiger partial charge in [-0.1, -0.05) is 18.2 Å². The number of ether oxygens (including phenoxy) is 2. The van der Waals surface area contributed by atoms with Crippen molar-refractivity contribution in [2.75, 3.05) is 51.3 Å². The second kappa shape index (κ2) is 12.4. The Balaban J connectivity index is 1.41. The first-order valence-electron chi connectivity index (χ1n) is 15.9. The van der Waals surface area contributed by atoms with Crippen molar-refractivity contribution < 1.29 is 14.3 Å². The largest absolute Gasteiger partial charge is 0.492 e. The Morgan fingerprint density at radius 2 is 2.13 bits per heavy atom. The van der Waals surface area contributed by atoms with Gasteiger partial charge in [0.05, 0.1) is 52.8 Å². The smallest absolute Gasteiger partial charge is 0.319 e. The summed E-state index contributed by atoms with van der Waals surface area (Å²) in [6, 6.07) is 6.61. The zero-order valence-electron chi connectivity index (χ0n) is 26.2. The molecule has 0 saturated carbocycles. The van der Waals surface area contributed by atoms with Gasteiger partial charge in [-0.05, 0) is 75.5 Å². The molecule has 238 valence electrons. The lowest BCUT2D eigenvalue weighted by Gasteiger charge is -2.41. The number of hydrogen-bond donors (Lipinski definition) is 1. The Morgan fingerprint density at radius 3 is 2.91 bits per heavy atom. The standard InChI is InChI=1S/C34H37ClN8O3/c1-4-28(44)43-13-12-42(18-21(43)9-10-36)33-30-27(38-34(39-33)46-19-22-7-5-11-41(22)3)16-24(23-8-6-14-45-32(23)30)29-25-17-37-40-26(25)15-20(2)31(29)35/h4,15-17,21-22H,1,5-9,11-14,18-19H2,2-3H3,(H,37,40)/t21-,22-/m0/s1. The molecular formula is C34H37ClN8O3. The number of benzene rings is 2. The summed E-state index contributed by atoms with van der Waals surface area (Å²) in [7, 11) is 2.12. The summed E-state index contributed by atoms with van der Waals surface area (Å²) in [5.74, 6) is 1.25. The van der Waals surface area contributed by atoms with Crippen LogP contribution >= 0.6 is 11.6 Å². The fraction of sp³-hybridized carbons (Fsp3) is 0.441. The zero-order chi connectivity index (χ0) is 31.9. The minimum Gasteiger partial charge on any atom is -0.492 e. The molecule has 0 bridgehead atoms. The molecule has 7 rings (SSSR count). The van der Waals surface area contributed by atoms with Crippen LogP contribution in [0.1, 0.15) is 36.8 Å². The molecule has 12 heteroatoms. The molecular weight excluding hydrogens is 604 g/mol. The maximum absolute atomic E-state index is 12.7. The highest BCUT2D eigenvalue weighted by Gasteiger charge is 2.34. The van der Waals surface area contributed by atoms with Crippen LogP contribution in [0.4, 0.5) is 5.82 Å². The number of H-pyrrole nitrogens is 1. The van der Waals surface area contributed by atoms with E-state index in [-0.39, 0.29) is 24.4 Å². The number of nitriles is 1. The third-order valence-electron chi connectivity index (χ3n) is 9.60. The molecule has 2 aromatic carbocycles. The van der Waals surface area contributed by atoms with Crippen LogP contribution in [0.5, 0.6) is 11.8 Å². The van der Waals surface area contributed by atoms with Crippen molar-refractivity contribution in [3.05, 3.63) is 47.1 Å². The molecule has 0 aliphatic carbocycles. The molecule has 3 aliphatic heterocycles. The van der Waals surface area contributed by atoms with E-state index in [2.05, 4.69) is 45.8 Å². The van der Waals surface area contributed by atoms with Crippen LogP contribution in [0.25, 0.3) is 32.9 Å². The van der Waals surface area contributed by atoms with Crippen LogP contribution in [0.2, 0.25) is 5.02 Å². The summed E-state index contributed by atoms with van der Waals surface area (Å²) in [4.78, 5) is 28.9. The van der Waals surface area contributed by atoms with E-state index in [1.807, 2.05) is 19.2 Å². The summed E-state index contributed by atoms with van der Waals surface area (Å²) in [6.45, 7) is 9.14. The SMILES string of the molecule is C=CC(=O)N1CCN(c2nc(OC[C@@H]3CCCN3C)nc3cc(-c4c(Cl)c(C)cc5[nH]ncc45)c4c(c23)OCCC4)C[C@@H]1CC#N. The van der Waals surface area contributed by atoms with Gasteiger partial charge in [0.25, 0.3) is 0 Å². The molecule has 2 saturated heterocycles. The number of rotatable bonds is 7. The Kier molecular flexibility index (Phi) is 8.17. The van der Waals surface area contributed by atoms with Crippen molar-refractivity contribution in [3.8, 4) is 29.0 Å². The first-order valence-corrected chi connectivity index (χ1v) is 16.3. The Hall–Kier alpha value is -4.40. The molecule has 4 aromatic rings. The van der Waals surface area contributed by atoms with Gasteiger partial charge in [0.15, 0.2) is 0 Å². The molecule has 46 heavy (non-hydrogen) atoms. The number of likely N-dealkylation sites (N-methyl/N-ethyl adjacent to an activating group) is 1. The molecule has 1 amide bonds. The van der Waals surface area contributed by atoms with Gasteiger partial charge in [0.1, 0.15) is 18.2 Å². The number of aromatic nitrogens is 4. The van der Waals surface area contributed by atoms with Crippen LogP contribution in [0.3, 0.4) is 0 Å². The molecule has 3 aliphatic rings. The Bertz CT molecular complexity index is 1880. The molecule has 2 fully saturated rings. The minimum absolute atomic E-state index is 0.178.